The van der Waals surface area contributed by atoms with E-state index in [1.807, 2.05) is 18.2 Å². The molecule has 0 bridgehead atoms. The van der Waals surface area contributed by atoms with Gasteiger partial charge in [0, 0.05) is 19.8 Å². The number of hydrogen-bond acceptors (Lipinski definition) is 5. The molecule has 2 aromatic rings. The Bertz CT molecular complexity index is 743. The summed E-state index contributed by atoms with van der Waals surface area (Å²) in [6.45, 7) is 1.21. The quantitative estimate of drug-likeness (QED) is 0.862. The highest BCUT2D eigenvalue weighted by atomic mass is 16.5. The molecule has 1 fully saturated rings. The van der Waals surface area contributed by atoms with E-state index in [1.54, 1.807) is 6.07 Å². The fraction of sp³-hybridized carbons (Fsp3) is 0.412. The zero-order chi connectivity index (χ0) is 16.9. The van der Waals surface area contributed by atoms with Gasteiger partial charge in [0.1, 0.15) is 5.69 Å². The molecule has 2 heterocycles. The van der Waals surface area contributed by atoms with E-state index in [4.69, 9.17) is 4.74 Å². The molecule has 1 aliphatic heterocycles. The molecule has 7 nitrogen and oxygen atoms in total. The Morgan fingerprint density at radius 2 is 1.96 bits per heavy atom. The number of carbonyl (C=O) groups excluding carboxylic acids is 1. The van der Waals surface area contributed by atoms with Crippen molar-refractivity contribution in [1.29, 1.82) is 0 Å². The van der Waals surface area contributed by atoms with Crippen LogP contribution in [0.5, 0.6) is 0 Å². The molecule has 1 amide bonds. The van der Waals surface area contributed by atoms with Crippen LogP contribution < -0.4 is 5.32 Å². The summed E-state index contributed by atoms with van der Waals surface area (Å²) in [7, 11) is 0. The van der Waals surface area contributed by atoms with E-state index in [9.17, 15) is 14.7 Å². The molecule has 7 heteroatoms. The summed E-state index contributed by atoms with van der Waals surface area (Å²) in [5, 5.41) is 12.1. The number of rotatable bonds is 5. The minimum absolute atomic E-state index is 0.0132. The van der Waals surface area contributed by atoms with Crippen molar-refractivity contribution in [1.82, 2.24) is 15.3 Å². The maximum Gasteiger partial charge on any atom is 0.308 e. The van der Waals surface area contributed by atoms with Crippen LogP contribution in [0.25, 0.3) is 11.0 Å². The van der Waals surface area contributed by atoms with Crippen LogP contribution in [0.4, 0.5) is 0 Å². The molecule has 1 aliphatic rings. The number of carbonyl (C=O) groups is 2. The van der Waals surface area contributed by atoms with E-state index >= 15 is 0 Å². The van der Waals surface area contributed by atoms with Gasteiger partial charge in [-0.1, -0.05) is 12.1 Å². The van der Waals surface area contributed by atoms with Gasteiger partial charge in [0.2, 0.25) is 0 Å². The molecular weight excluding hydrogens is 310 g/mol. The normalized spacial score (nSPS) is 16.7. The molecule has 0 aliphatic carbocycles. The van der Waals surface area contributed by atoms with Crippen LogP contribution in [-0.4, -0.2) is 46.7 Å². The van der Waals surface area contributed by atoms with Crippen LogP contribution in [0.1, 0.15) is 23.3 Å². The largest absolute Gasteiger partial charge is 0.481 e. The molecule has 24 heavy (non-hydrogen) atoms. The molecule has 1 atom stereocenters. The number of ether oxygens (including phenoxy) is 1. The van der Waals surface area contributed by atoms with Crippen molar-refractivity contribution < 1.29 is 19.4 Å². The highest BCUT2D eigenvalue weighted by molar-refractivity contribution is 5.94. The number of nitrogens with zero attached hydrogens (tertiary/aromatic N) is 2. The predicted octanol–water partition coefficient (Wildman–Crippen LogP) is 1.49. The topological polar surface area (TPSA) is 101 Å². The van der Waals surface area contributed by atoms with Crippen LogP contribution in [0.3, 0.4) is 0 Å². The van der Waals surface area contributed by atoms with Crippen molar-refractivity contribution in [2.24, 2.45) is 11.8 Å². The maximum atomic E-state index is 12.3. The minimum atomic E-state index is -0.896. The molecule has 126 valence electrons. The maximum absolute atomic E-state index is 12.3. The Balaban J connectivity index is 1.67. The highest BCUT2D eigenvalue weighted by Crippen LogP contribution is 2.23. The van der Waals surface area contributed by atoms with Crippen LogP contribution >= 0.6 is 0 Å². The van der Waals surface area contributed by atoms with Gasteiger partial charge >= 0.3 is 5.97 Å². The standard InChI is InChI=1S/C17H19N3O4/c21-16(15-10-18-13-3-1-2-4-14(13)20-15)19-9-12(17(22)23)11-5-7-24-8-6-11/h1-4,10-12H,5-9H2,(H,19,21)(H,22,23). The van der Waals surface area contributed by atoms with Crippen molar-refractivity contribution in [2.75, 3.05) is 19.8 Å². The molecule has 2 N–H and O–H groups in total. The second-order valence-electron chi connectivity index (χ2n) is 5.85. The van der Waals surface area contributed by atoms with Crippen molar-refractivity contribution in [2.45, 2.75) is 12.8 Å². The van der Waals surface area contributed by atoms with Gasteiger partial charge in [-0.05, 0) is 30.9 Å². The number of fused-ring (bicyclic) bond motifs is 1. The molecule has 0 radical (unpaired) electrons. The van der Waals surface area contributed by atoms with Crippen molar-refractivity contribution in [3.05, 3.63) is 36.2 Å². The number of amides is 1. The Labute approximate surface area is 139 Å². The molecule has 1 unspecified atom stereocenters. The third-order valence-corrected chi connectivity index (χ3v) is 4.32. The number of nitrogens with one attached hydrogen (secondary N) is 1. The Kier molecular flexibility index (Phi) is 5.00. The number of benzene rings is 1. The first-order valence-electron chi connectivity index (χ1n) is 7.95. The van der Waals surface area contributed by atoms with Crippen LogP contribution in [-0.2, 0) is 9.53 Å². The summed E-state index contributed by atoms with van der Waals surface area (Å²) in [5.41, 5.74) is 1.52. The summed E-state index contributed by atoms with van der Waals surface area (Å²) in [5.74, 6) is -1.91. The number of hydrogen-bond donors (Lipinski definition) is 2. The average molecular weight is 329 g/mol. The highest BCUT2D eigenvalue weighted by Gasteiger charge is 2.30. The summed E-state index contributed by atoms with van der Waals surface area (Å²) in [6, 6.07) is 7.27. The van der Waals surface area contributed by atoms with Gasteiger partial charge in [-0.2, -0.15) is 0 Å². The third-order valence-electron chi connectivity index (χ3n) is 4.32. The van der Waals surface area contributed by atoms with Crippen molar-refractivity contribution in [3.8, 4) is 0 Å². The summed E-state index contributed by atoms with van der Waals surface area (Å²) in [4.78, 5) is 32.2. The first-order valence-corrected chi connectivity index (χ1v) is 7.95. The Hall–Kier alpha value is -2.54. The van der Waals surface area contributed by atoms with E-state index in [-0.39, 0.29) is 18.2 Å². The molecule has 1 saturated heterocycles. The monoisotopic (exact) mass is 329 g/mol. The lowest BCUT2D eigenvalue weighted by Crippen LogP contribution is -2.39. The molecule has 1 aromatic heterocycles. The van der Waals surface area contributed by atoms with Crippen LogP contribution in [0.15, 0.2) is 30.5 Å². The second kappa shape index (κ2) is 7.35. The molecule has 0 saturated carbocycles. The van der Waals surface area contributed by atoms with Gasteiger partial charge in [-0.15, -0.1) is 0 Å². The number of aromatic nitrogens is 2. The molecule has 3 rings (SSSR count). The minimum Gasteiger partial charge on any atom is -0.481 e. The first-order chi connectivity index (χ1) is 11.6. The molecule has 1 aromatic carbocycles. The van der Waals surface area contributed by atoms with Crippen LogP contribution in [0, 0.1) is 11.8 Å². The van der Waals surface area contributed by atoms with E-state index in [1.165, 1.54) is 6.20 Å². The summed E-state index contributed by atoms with van der Waals surface area (Å²) >= 11 is 0. The Morgan fingerprint density at radius 3 is 2.67 bits per heavy atom. The summed E-state index contributed by atoms with van der Waals surface area (Å²) < 4.78 is 5.27. The summed E-state index contributed by atoms with van der Waals surface area (Å²) in [6.07, 6.45) is 2.80. The van der Waals surface area contributed by atoms with Gasteiger partial charge in [-0.25, -0.2) is 4.98 Å². The van der Waals surface area contributed by atoms with Crippen LogP contribution in [0.2, 0.25) is 0 Å². The molecule has 0 spiro atoms. The van der Waals surface area contributed by atoms with Gasteiger partial charge < -0.3 is 15.2 Å². The molecular formula is C17H19N3O4. The number of carboxylic acids is 1. The second-order valence-corrected chi connectivity index (χ2v) is 5.85. The lowest BCUT2D eigenvalue weighted by Gasteiger charge is -2.27. The van der Waals surface area contributed by atoms with E-state index in [2.05, 4.69) is 15.3 Å². The smallest absolute Gasteiger partial charge is 0.308 e. The van der Waals surface area contributed by atoms with E-state index in [0.717, 1.165) is 0 Å². The van der Waals surface area contributed by atoms with Crippen molar-refractivity contribution >= 4 is 22.9 Å². The lowest BCUT2D eigenvalue weighted by molar-refractivity contribution is -0.144. The third kappa shape index (κ3) is 3.68. The Morgan fingerprint density at radius 1 is 1.25 bits per heavy atom. The number of aliphatic carboxylic acids is 1. The van der Waals surface area contributed by atoms with Crippen molar-refractivity contribution in [3.63, 3.8) is 0 Å². The van der Waals surface area contributed by atoms with E-state index in [0.29, 0.717) is 37.1 Å². The SMILES string of the molecule is O=C(NCC(C(=O)O)C1CCOCC1)c1cnc2ccccc2n1. The van der Waals surface area contributed by atoms with E-state index < -0.39 is 17.8 Å². The van der Waals surface area contributed by atoms with Gasteiger partial charge in [-0.3, -0.25) is 14.6 Å². The number of carboxylic acid groups (broad SMARTS) is 1. The lowest BCUT2D eigenvalue weighted by atomic mass is 9.86. The fourth-order valence-electron chi connectivity index (χ4n) is 2.93. The van der Waals surface area contributed by atoms with Gasteiger partial charge in [0.05, 0.1) is 23.1 Å². The predicted molar refractivity (Wildman–Crippen MR) is 86.5 cm³/mol. The first kappa shape index (κ1) is 16.3. The fourth-order valence-corrected chi connectivity index (χ4v) is 2.93. The van der Waals surface area contributed by atoms with Gasteiger partial charge in [0.15, 0.2) is 0 Å². The average Bonchev–Trinajstić information content (AvgIpc) is 2.62. The zero-order valence-electron chi connectivity index (χ0n) is 13.1. The zero-order valence-corrected chi connectivity index (χ0v) is 13.1. The number of para-hydroxylation sites is 2. The van der Waals surface area contributed by atoms with Gasteiger partial charge in [0.25, 0.3) is 5.91 Å².